The van der Waals surface area contributed by atoms with E-state index in [0.717, 1.165) is 12.8 Å². The fraction of sp³-hybridized carbons (Fsp3) is 0.600. The van der Waals surface area contributed by atoms with E-state index in [0.29, 0.717) is 13.0 Å². The number of carbonyl (C=O) groups excluding carboxylic acids is 2. The van der Waals surface area contributed by atoms with Crippen LogP contribution in [0.3, 0.4) is 0 Å². The van der Waals surface area contributed by atoms with Crippen molar-refractivity contribution in [2.24, 2.45) is 0 Å². The summed E-state index contributed by atoms with van der Waals surface area (Å²) in [5, 5.41) is 2.59. The summed E-state index contributed by atoms with van der Waals surface area (Å²) in [6.45, 7) is 2.44. The number of amides is 1. The number of allylic oxidation sites excluding steroid dienone is 1. The van der Waals surface area contributed by atoms with Gasteiger partial charge in [-0.05, 0) is 12.5 Å². The zero-order chi connectivity index (χ0) is 10.4. The van der Waals surface area contributed by atoms with Gasteiger partial charge < -0.3 is 10.1 Å². The highest BCUT2D eigenvalue weighted by atomic mass is 16.5. The predicted molar refractivity (Wildman–Crippen MR) is 51.6 cm³/mol. The molecule has 0 aromatic carbocycles. The minimum absolute atomic E-state index is 0.220. The second-order valence-electron chi connectivity index (χ2n) is 3.21. The largest absolute Gasteiger partial charge is 0.464 e. The molecule has 0 spiro atoms. The Hall–Kier alpha value is -1.32. The lowest BCUT2D eigenvalue weighted by molar-refractivity contribution is -0.140. The monoisotopic (exact) mass is 197 g/mol. The zero-order valence-electron chi connectivity index (χ0n) is 8.29. The molecule has 1 aliphatic heterocycles. The summed E-state index contributed by atoms with van der Waals surface area (Å²) in [4.78, 5) is 22.2. The number of ether oxygens (including phenoxy) is 1. The minimum Gasteiger partial charge on any atom is -0.464 e. The van der Waals surface area contributed by atoms with Crippen molar-refractivity contribution >= 4 is 11.9 Å². The topological polar surface area (TPSA) is 55.4 Å². The molecule has 1 atom stereocenters. The van der Waals surface area contributed by atoms with E-state index in [-0.39, 0.29) is 11.9 Å². The second kappa shape index (κ2) is 5.42. The molecule has 0 bridgehead atoms. The molecular weight excluding hydrogens is 182 g/mol. The Balaban J connectivity index is 2.29. The van der Waals surface area contributed by atoms with E-state index in [1.807, 2.05) is 6.92 Å². The molecule has 4 nitrogen and oxygen atoms in total. The number of esters is 1. The average Bonchev–Trinajstić information content (AvgIpc) is 2.52. The number of unbranched alkanes of at least 4 members (excludes halogenated alkanes) is 1. The van der Waals surface area contributed by atoms with Crippen molar-refractivity contribution in [3.05, 3.63) is 12.2 Å². The van der Waals surface area contributed by atoms with Gasteiger partial charge in [0.05, 0.1) is 6.61 Å². The van der Waals surface area contributed by atoms with E-state index in [2.05, 4.69) is 5.32 Å². The van der Waals surface area contributed by atoms with Crippen LogP contribution in [-0.2, 0) is 14.3 Å². The average molecular weight is 197 g/mol. The van der Waals surface area contributed by atoms with Gasteiger partial charge in [0.2, 0.25) is 5.91 Å². The quantitative estimate of drug-likeness (QED) is 0.535. The maximum atomic E-state index is 11.2. The van der Waals surface area contributed by atoms with Gasteiger partial charge in [-0.3, -0.25) is 4.79 Å². The van der Waals surface area contributed by atoms with Crippen LogP contribution in [0, 0.1) is 0 Å². The van der Waals surface area contributed by atoms with Gasteiger partial charge in [0.15, 0.2) is 0 Å². The smallest absolute Gasteiger partial charge is 0.328 e. The SMILES string of the molecule is CCC/C=C/C(=O)N[C@H]1CCOC1=O. The molecule has 1 rings (SSSR count). The Bertz CT molecular complexity index is 248. The van der Waals surface area contributed by atoms with Crippen molar-refractivity contribution in [3.63, 3.8) is 0 Å². The molecule has 0 aromatic heterocycles. The molecule has 0 aromatic rings. The number of hydrogen-bond donors (Lipinski definition) is 1. The van der Waals surface area contributed by atoms with Crippen LogP contribution in [0.25, 0.3) is 0 Å². The Morgan fingerprint density at radius 1 is 1.71 bits per heavy atom. The maximum Gasteiger partial charge on any atom is 0.328 e. The van der Waals surface area contributed by atoms with Crippen molar-refractivity contribution in [1.29, 1.82) is 0 Å². The lowest BCUT2D eigenvalue weighted by atomic mass is 10.2. The fourth-order valence-electron chi connectivity index (χ4n) is 1.20. The van der Waals surface area contributed by atoms with Crippen LogP contribution in [0.2, 0.25) is 0 Å². The highest BCUT2D eigenvalue weighted by Crippen LogP contribution is 2.05. The van der Waals surface area contributed by atoms with E-state index >= 15 is 0 Å². The third-order valence-corrected chi connectivity index (χ3v) is 1.98. The first kappa shape index (κ1) is 10.8. The van der Waals surface area contributed by atoms with Gasteiger partial charge >= 0.3 is 5.97 Å². The Morgan fingerprint density at radius 3 is 3.07 bits per heavy atom. The number of nitrogens with one attached hydrogen (secondary N) is 1. The molecule has 1 heterocycles. The van der Waals surface area contributed by atoms with E-state index < -0.39 is 6.04 Å². The van der Waals surface area contributed by atoms with Crippen LogP contribution >= 0.6 is 0 Å². The Kier molecular flexibility index (Phi) is 4.16. The summed E-state index contributed by atoms with van der Waals surface area (Å²) in [5.74, 6) is -0.551. The maximum absolute atomic E-state index is 11.2. The molecular formula is C10H15NO3. The molecule has 14 heavy (non-hydrogen) atoms. The van der Waals surface area contributed by atoms with E-state index in [9.17, 15) is 9.59 Å². The van der Waals surface area contributed by atoms with Crippen molar-refractivity contribution in [3.8, 4) is 0 Å². The van der Waals surface area contributed by atoms with Gasteiger partial charge in [0, 0.05) is 6.42 Å². The summed E-state index contributed by atoms with van der Waals surface area (Å²) >= 11 is 0. The first-order valence-electron chi connectivity index (χ1n) is 4.87. The molecule has 78 valence electrons. The van der Waals surface area contributed by atoms with Crippen molar-refractivity contribution in [1.82, 2.24) is 5.32 Å². The van der Waals surface area contributed by atoms with E-state index in [1.54, 1.807) is 6.08 Å². The third-order valence-electron chi connectivity index (χ3n) is 1.98. The molecule has 1 saturated heterocycles. The normalized spacial score (nSPS) is 21.2. The molecule has 0 radical (unpaired) electrons. The lowest BCUT2D eigenvalue weighted by Gasteiger charge is -2.05. The van der Waals surface area contributed by atoms with Gasteiger partial charge in [-0.1, -0.05) is 19.4 Å². The van der Waals surface area contributed by atoms with Gasteiger partial charge in [0.25, 0.3) is 0 Å². The molecule has 4 heteroatoms. The second-order valence-corrected chi connectivity index (χ2v) is 3.21. The number of rotatable bonds is 4. The Morgan fingerprint density at radius 2 is 2.50 bits per heavy atom. The summed E-state index contributed by atoms with van der Waals surface area (Å²) in [6.07, 6.45) is 5.73. The van der Waals surface area contributed by atoms with Crippen LogP contribution in [0.5, 0.6) is 0 Å². The molecule has 0 aliphatic carbocycles. The molecule has 0 saturated carbocycles. The predicted octanol–water partition coefficient (Wildman–Crippen LogP) is 0.774. The minimum atomic E-state index is -0.450. The first-order valence-corrected chi connectivity index (χ1v) is 4.87. The van der Waals surface area contributed by atoms with Gasteiger partial charge in [-0.25, -0.2) is 4.79 Å². The van der Waals surface area contributed by atoms with Crippen LogP contribution in [0.15, 0.2) is 12.2 Å². The molecule has 1 aliphatic rings. The lowest BCUT2D eigenvalue weighted by Crippen LogP contribution is -2.36. The van der Waals surface area contributed by atoms with Crippen molar-refractivity contribution < 1.29 is 14.3 Å². The standard InChI is InChI=1S/C10H15NO3/c1-2-3-4-5-9(12)11-8-6-7-14-10(8)13/h4-5,8H,2-3,6-7H2,1H3,(H,11,12)/b5-4+/t8-/m0/s1. The van der Waals surface area contributed by atoms with E-state index in [1.165, 1.54) is 6.08 Å². The van der Waals surface area contributed by atoms with Crippen molar-refractivity contribution in [2.75, 3.05) is 6.61 Å². The van der Waals surface area contributed by atoms with Gasteiger partial charge in [-0.2, -0.15) is 0 Å². The molecule has 0 unspecified atom stereocenters. The van der Waals surface area contributed by atoms with Crippen LogP contribution < -0.4 is 5.32 Å². The van der Waals surface area contributed by atoms with Gasteiger partial charge in [0.1, 0.15) is 6.04 Å². The summed E-state index contributed by atoms with van der Waals surface area (Å²) in [7, 11) is 0. The van der Waals surface area contributed by atoms with Gasteiger partial charge in [-0.15, -0.1) is 0 Å². The Labute approximate surface area is 83.3 Å². The summed E-state index contributed by atoms with van der Waals surface area (Å²) in [5.41, 5.74) is 0. The summed E-state index contributed by atoms with van der Waals surface area (Å²) in [6, 6.07) is -0.450. The molecule has 1 amide bonds. The molecule has 1 N–H and O–H groups in total. The molecule has 1 fully saturated rings. The van der Waals surface area contributed by atoms with E-state index in [4.69, 9.17) is 4.74 Å². The summed E-state index contributed by atoms with van der Waals surface area (Å²) < 4.78 is 4.71. The number of cyclic esters (lactones) is 1. The van der Waals surface area contributed by atoms with Crippen LogP contribution in [0.4, 0.5) is 0 Å². The van der Waals surface area contributed by atoms with Crippen LogP contribution in [-0.4, -0.2) is 24.5 Å². The highest BCUT2D eigenvalue weighted by Gasteiger charge is 2.26. The third kappa shape index (κ3) is 3.20. The first-order chi connectivity index (χ1) is 6.74. The fourth-order valence-corrected chi connectivity index (χ4v) is 1.20. The zero-order valence-corrected chi connectivity index (χ0v) is 8.29. The highest BCUT2D eigenvalue weighted by molar-refractivity contribution is 5.91. The van der Waals surface area contributed by atoms with Crippen molar-refractivity contribution in [2.45, 2.75) is 32.2 Å². The number of hydrogen-bond acceptors (Lipinski definition) is 3. The van der Waals surface area contributed by atoms with Crippen LogP contribution in [0.1, 0.15) is 26.2 Å². The number of carbonyl (C=O) groups is 2.